The third-order valence-electron chi connectivity index (χ3n) is 1.47. The van der Waals surface area contributed by atoms with Gasteiger partial charge >= 0.3 is 5.97 Å². The van der Waals surface area contributed by atoms with Crippen molar-refractivity contribution in [1.29, 1.82) is 0 Å². The summed E-state index contributed by atoms with van der Waals surface area (Å²) in [6, 6.07) is 7.01. The summed E-state index contributed by atoms with van der Waals surface area (Å²) in [6.07, 6.45) is 0. The first-order valence-electron chi connectivity index (χ1n) is 3.31. The maximum atomic E-state index is 10.5. The Morgan fingerprint density at radius 1 is 1.42 bits per heavy atom. The highest BCUT2D eigenvalue weighted by atomic mass is 32.1. The Kier molecular flexibility index (Phi) is 3.05. The lowest BCUT2D eigenvalue weighted by atomic mass is 10.1. The molecule has 0 aromatic heterocycles. The fourth-order valence-electron chi connectivity index (χ4n) is 0.852. The van der Waals surface area contributed by atoms with Gasteiger partial charge in [-0.15, -0.1) is 12.6 Å². The summed E-state index contributed by atoms with van der Waals surface area (Å²) >= 11 is 8.06. The average Bonchev–Trinajstić information content (AvgIpc) is 2.04. The molecule has 1 rings (SSSR count). The van der Waals surface area contributed by atoms with Crippen LogP contribution in [-0.2, 0) is 4.79 Å². The van der Waals surface area contributed by atoms with E-state index in [4.69, 9.17) is 5.11 Å². The van der Waals surface area contributed by atoms with Crippen molar-refractivity contribution in [1.82, 2.24) is 0 Å². The predicted octanol–water partition coefficient (Wildman–Crippen LogP) is 2.03. The largest absolute Gasteiger partial charge is 0.480 e. The Hall–Kier alpha value is -0.610. The zero-order valence-corrected chi connectivity index (χ0v) is 7.93. The first-order valence-corrected chi connectivity index (χ1v) is 4.28. The van der Waals surface area contributed by atoms with E-state index in [-0.39, 0.29) is 0 Å². The molecule has 0 aliphatic heterocycles. The molecule has 12 heavy (non-hydrogen) atoms. The van der Waals surface area contributed by atoms with Gasteiger partial charge in [0.15, 0.2) is 0 Å². The van der Waals surface area contributed by atoms with Crippen LogP contribution in [0.5, 0.6) is 0 Å². The SMILES string of the molecule is O=C(O)C(S)c1ccccc1S. The molecule has 1 aromatic carbocycles. The first-order chi connectivity index (χ1) is 5.63. The van der Waals surface area contributed by atoms with Gasteiger partial charge < -0.3 is 5.11 Å². The van der Waals surface area contributed by atoms with Crippen molar-refractivity contribution in [3.05, 3.63) is 29.8 Å². The first kappa shape index (κ1) is 9.48. The number of hydrogen-bond donors (Lipinski definition) is 3. The van der Waals surface area contributed by atoms with Crippen LogP contribution in [0.25, 0.3) is 0 Å². The van der Waals surface area contributed by atoms with Crippen molar-refractivity contribution in [2.45, 2.75) is 10.1 Å². The van der Waals surface area contributed by atoms with Crippen LogP contribution in [0.2, 0.25) is 0 Å². The monoisotopic (exact) mass is 200 g/mol. The van der Waals surface area contributed by atoms with E-state index in [1.54, 1.807) is 24.3 Å². The van der Waals surface area contributed by atoms with Crippen LogP contribution in [0.3, 0.4) is 0 Å². The molecule has 0 bridgehead atoms. The van der Waals surface area contributed by atoms with Gasteiger partial charge in [0.25, 0.3) is 0 Å². The number of aliphatic carboxylic acids is 1. The minimum absolute atomic E-state index is 0.622. The van der Waals surface area contributed by atoms with Gasteiger partial charge in [-0.1, -0.05) is 18.2 Å². The molecule has 0 radical (unpaired) electrons. The Balaban J connectivity index is 3.02. The lowest BCUT2D eigenvalue weighted by Gasteiger charge is -2.07. The van der Waals surface area contributed by atoms with Crippen molar-refractivity contribution in [2.75, 3.05) is 0 Å². The number of thiol groups is 2. The molecule has 0 aliphatic rings. The number of benzene rings is 1. The van der Waals surface area contributed by atoms with Crippen molar-refractivity contribution in [2.24, 2.45) is 0 Å². The van der Waals surface area contributed by atoms with Gasteiger partial charge in [0.05, 0.1) is 0 Å². The lowest BCUT2D eigenvalue weighted by molar-refractivity contribution is -0.136. The lowest BCUT2D eigenvalue weighted by Crippen LogP contribution is -2.05. The van der Waals surface area contributed by atoms with E-state index in [2.05, 4.69) is 25.3 Å². The highest BCUT2D eigenvalue weighted by Gasteiger charge is 2.16. The maximum absolute atomic E-state index is 10.5. The van der Waals surface area contributed by atoms with E-state index < -0.39 is 11.2 Å². The molecule has 0 fully saturated rings. The summed E-state index contributed by atoms with van der Waals surface area (Å²) in [4.78, 5) is 11.2. The predicted molar refractivity (Wildman–Crippen MR) is 53.1 cm³/mol. The normalized spacial score (nSPS) is 12.5. The highest BCUT2D eigenvalue weighted by molar-refractivity contribution is 7.82. The number of carboxylic acids is 1. The number of carbonyl (C=O) groups is 1. The molecule has 1 atom stereocenters. The number of hydrogen-bond acceptors (Lipinski definition) is 3. The van der Waals surface area contributed by atoms with E-state index in [1.165, 1.54) is 0 Å². The second-order valence-corrected chi connectivity index (χ2v) is 3.30. The van der Waals surface area contributed by atoms with E-state index in [9.17, 15) is 4.79 Å². The molecule has 0 aliphatic carbocycles. The smallest absolute Gasteiger partial charge is 0.320 e. The molecule has 2 nitrogen and oxygen atoms in total. The topological polar surface area (TPSA) is 37.3 Å². The number of rotatable bonds is 2. The molecule has 0 saturated carbocycles. The van der Waals surface area contributed by atoms with Crippen LogP contribution in [0.1, 0.15) is 10.8 Å². The second kappa shape index (κ2) is 3.87. The summed E-state index contributed by atoms with van der Waals surface area (Å²) in [7, 11) is 0. The zero-order chi connectivity index (χ0) is 9.14. The molecule has 64 valence electrons. The molecule has 1 aromatic rings. The minimum atomic E-state index is -0.958. The molecular formula is C8H8O2S2. The van der Waals surface area contributed by atoms with Gasteiger partial charge in [0.2, 0.25) is 0 Å². The van der Waals surface area contributed by atoms with E-state index in [1.807, 2.05) is 0 Å². The van der Waals surface area contributed by atoms with Crippen molar-refractivity contribution < 1.29 is 9.90 Å². The van der Waals surface area contributed by atoms with Crippen LogP contribution in [0.15, 0.2) is 29.2 Å². The van der Waals surface area contributed by atoms with Gasteiger partial charge in [-0.25, -0.2) is 0 Å². The van der Waals surface area contributed by atoms with Crippen LogP contribution in [0, 0.1) is 0 Å². The fraction of sp³-hybridized carbons (Fsp3) is 0.125. The molecule has 0 amide bonds. The van der Waals surface area contributed by atoms with E-state index in [0.29, 0.717) is 10.5 Å². The second-order valence-electron chi connectivity index (χ2n) is 2.30. The van der Waals surface area contributed by atoms with Crippen molar-refractivity contribution >= 4 is 31.2 Å². The summed E-state index contributed by atoms with van der Waals surface area (Å²) in [5.74, 6) is -0.958. The van der Waals surface area contributed by atoms with Gasteiger partial charge in [0, 0.05) is 4.90 Å². The molecule has 1 unspecified atom stereocenters. The third-order valence-corrected chi connectivity index (χ3v) is 2.37. The van der Waals surface area contributed by atoms with Crippen LogP contribution in [-0.4, -0.2) is 11.1 Å². The maximum Gasteiger partial charge on any atom is 0.320 e. The third kappa shape index (κ3) is 1.95. The molecular weight excluding hydrogens is 192 g/mol. The Morgan fingerprint density at radius 3 is 2.50 bits per heavy atom. The summed E-state index contributed by atoms with van der Waals surface area (Å²) in [5.41, 5.74) is 0.622. The van der Waals surface area contributed by atoms with E-state index in [0.717, 1.165) is 0 Å². The van der Waals surface area contributed by atoms with Crippen LogP contribution < -0.4 is 0 Å². The Morgan fingerprint density at radius 2 is 2.00 bits per heavy atom. The molecule has 0 spiro atoms. The average molecular weight is 200 g/mol. The Bertz CT molecular complexity index is 299. The van der Waals surface area contributed by atoms with Gasteiger partial charge in [-0.3, -0.25) is 4.79 Å². The summed E-state index contributed by atoms with van der Waals surface area (Å²) < 4.78 is 0. The number of carboxylic acid groups (broad SMARTS) is 1. The summed E-state index contributed by atoms with van der Waals surface area (Å²) in [6.45, 7) is 0. The van der Waals surface area contributed by atoms with Gasteiger partial charge in [0.1, 0.15) is 5.25 Å². The van der Waals surface area contributed by atoms with Crippen molar-refractivity contribution in [3.63, 3.8) is 0 Å². The van der Waals surface area contributed by atoms with Gasteiger partial charge in [-0.2, -0.15) is 12.6 Å². The fourth-order valence-corrected chi connectivity index (χ4v) is 1.47. The molecule has 0 saturated heterocycles. The Labute approximate surface area is 81.4 Å². The quantitative estimate of drug-likeness (QED) is 0.639. The standard InChI is InChI=1S/C8H8O2S2/c9-8(10)7(12)5-3-1-2-4-6(5)11/h1-4,7,11-12H,(H,9,10). The molecule has 1 N–H and O–H groups in total. The molecule has 4 heteroatoms. The van der Waals surface area contributed by atoms with Crippen LogP contribution in [0.4, 0.5) is 0 Å². The summed E-state index contributed by atoms with van der Waals surface area (Å²) in [5, 5.41) is 7.86. The zero-order valence-electron chi connectivity index (χ0n) is 6.14. The van der Waals surface area contributed by atoms with Gasteiger partial charge in [-0.05, 0) is 11.6 Å². The minimum Gasteiger partial charge on any atom is -0.480 e. The van der Waals surface area contributed by atoms with E-state index >= 15 is 0 Å². The van der Waals surface area contributed by atoms with Crippen molar-refractivity contribution in [3.8, 4) is 0 Å². The van der Waals surface area contributed by atoms with Crippen LogP contribution >= 0.6 is 25.3 Å². The highest BCUT2D eigenvalue weighted by Crippen LogP contribution is 2.25. The molecule has 0 heterocycles.